The standard InChI is InChI=1S/C22H32N2O4/c1-3-28-19-6-4-18(5-7-19)21(26)24-14-11-22(12-15-24)9-8-20(25)23(13-10-22)16-17-27-2/h4-7H,3,8-17H2,1-2H3. The number of rotatable bonds is 6. The van der Waals surface area contributed by atoms with Crippen molar-refractivity contribution in [3.63, 3.8) is 0 Å². The Hall–Kier alpha value is -2.08. The molecule has 0 aromatic heterocycles. The van der Waals surface area contributed by atoms with Gasteiger partial charge in [0.2, 0.25) is 5.91 Å². The minimum atomic E-state index is 0.0873. The number of amides is 2. The molecular weight excluding hydrogens is 356 g/mol. The van der Waals surface area contributed by atoms with Crippen LogP contribution in [0.25, 0.3) is 0 Å². The average molecular weight is 389 g/mol. The van der Waals surface area contributed by atoms with Crippen molar-refractivity contribution in [1.29, 1.82) is 0 Å². The molecule has 2 fully saturated rings. The molecule has 2 aliphatic heterocycles. The molecule has 3 rings (SSSR count). The first-order valence-corrected chi connectivity index (χ1v) is 10.4. The lowest BCUT2D eigenvalue weighted by Gasteiger charge is -2.41. The van der Waals surface area contributed by atoms with Gasteiger partial charge in [0, 0.05) is 45.3 Å². The summed E-state index contributed by atoms with van der Waals surface area (Å²) in [6.07, 6.45) is 4.51. The number of carbonyl (C=O) groups is 2. The highest BCUT2D eigenvalue weighted by molar-refractivity contribution is 5.94. The summed E-state index contributed by atoms with van der Waals surface area (Å²) < 4.78 is 10.6. The lowest BCUT2D eigenvalue weighted by Crippen LogP contribution is -2.43. The summed E-state index contributed by atoms with van der Waals surface area (Å²) in [7, 11) is 1.67. The van der Waals surface area contributed by atoms with Gasteiger partial charge in [-0.25, -0.2) is 0 Å². The molecule has 2 heterocycles. The van der Waals surface area contributed by atoms with E-state index in [1.807, 2.05) is 41.0 Å². The van der Waals surface area contributed by atoms with Crippen molar-refractivity contribution < 1.29 is 19.1 Å². The Labute approximate surface area is 167 Å². The first kappa shape index (κ1) is 20.6. The summed E-state index contributed by atoms with van der Waals surface area (Å²) in [6.45, 7) is 6.15. The Kier molecular flexibility index (Phi) is 6.94. The van der Waals surface area contributed by atoms with Gasteiger partial charge in [-0.2, -0.15) is 0 Å². The zero-order valence-corrected chi connectivity index (χ0v) is 17.1. The highest BCUT2D eigenvalue weighted by Crippen LogP contribution is 2.41. The predicted octanol–water partition coefficient (Wildman–Crippen LogP) is 2.97. The van der Waals surface area contributed by atoms with Gasteiger partial charge in [0.05, 0.1) is 13.2 Å². The minimum absolute atomic E-state index is 0.0873. The lowest BCUT2D eigenvalue weighted by molar-refractivity contribution is -0.131. The maximum absolute atomic E-state index is 12.8. The number of carbonyl (C=O) groups excluding carboxylic acids is 2. The third-order valence-electron chi connectivity index (χ3n) is 6.22. The molecule has 1 spiro atoms. The Bertz CT molecular complexity index is 666. The molecule has 6 heteroatoms. The van der Waals surface area contributed by atoms with Gasteiger partial charge in [-0.1, -0.05) is 0 Å². The van der Waals surface area contributed by atoms with Crippen LogP contribution in [-0.4, -0.2) is 68.1 Å². The monoisotopic (exact) mass is 388 g/mol. The smallest absolute Gasteiger partial charge is 0.253 e. The molecule has 1 aromatic carbocycles. The van der Waals surface area contributed by atoms with Gasteiger partial charge in [-0.15, -0.1) is 0 Å². The molecule has 0 unspecified atom stereocenters. The van der Waals surface area contributed by atoms with Crippen LogP contribution in [0, 0.1) is 5.41 Å². The molecule has 6 nitrogen and oxygen atoms in total. The van der Waals surface area contributed by atoms with Gasteiger partial charge in [0.15, 0.2) is 0 Å². The molecular formula is C22H32N2O4. The van der Waals surface area contributed by atoms with E-state index in [1.54, 1.807) is 7.11 Å². The maximum atomic E-state index is 12.8. The van der Waals surface area contributed by atoms with Gasteiger partial charge in [0.1, 0.15) is 5.75 Å². The molecule has 0 N–H and O–H groups in total. The molecule has 1 aromatic rings. The van der Waals surface area contributed by atoms with E-state index in [9.17, 15) is 9.59 Å². The summed E-state index contributed by atoms with van der Waals surface area (Å²) in [5, 5.41) is 0. The highest BCUT2D eigenvalue weighted by atomic mass is 16.5. The number of piperidine rings is 1. The molecule has 28 heavy (non-hydrogen) atoms. The fourth-order valence-corrected chi connectivity index (χ4v) is 4.32. The topological polar surface area (TPSA) is 59.1 Å². The second-order valence-corrected chi connectivity index (χ2v) is 7.87. The normalized spacial score (nSPS) is 19.6. The van der Waals surface area contributed by atoms with Gasteiger partial charge >= 0.3 is 0 Å². The van der Waals surface area contributed by atoms with Crippen LogP contribution in [0.15, 0.2) is 24.3 Å². The van der Waals surface area contributed by atoms with Crippen LogP contribution in [0.4, 0.5) is 0 Å². The Balaban J connectivity index is 1.56. The summed E-state index contributed by atoms with van der Waals surface area (Å²) >= 11 is 0. The molecule has 2 aliphatic rings. The quantitative estimate of drug-likeness (QED) is 0.752. The fourth-order valence-electron chi connectivity index (χ4n) is 4.32. The van der Waals surface area contributed by atoms with Crippen LogP contribution in [0.2, 0.25) is 0 Å². The maximum Gasteiger partial charge on any atom is 0.253 e. The van der Waals surface area contributed by atoms with Crippen LogP contribution in [0.5, 0.6) is 5.75 Å². The highest BCUT2D eigenvalue weighted by Gasteiger charge is 2.38. The number of nitrogens with zero attached hydrogens (tertiary/aromatic N) is 2. The number of hydrogen-bond acceptors (Lipinski definition) is 4. The van der Waals surface area contributed by atoms with Crippen molar-refractivity contribution >= 4 is 11.8 Å². The van der Waals surface area contributed by atoms with Crippen molar-refractivity contribution in [2.24, 2.45) is 5.41 Å². The van der Waals surface area contributed by atoms with E-state index in [0.717, 1.165) is 51.1 Å². The molecule has 0 bridgehead atoms. The Morgan fingerprint density at radius 2 is 1.75 bits per heavy atom. The lowest BCUT2D eigenvalue weighted by atomic mass is 9.73. The van der Waals surface area contributed by atoms with E-state index in [0.29, 0.717) is 31.7 Å². The van der Waals surface area contributed by atoms with Crippen molar-refractivity contribution in [2.45, 2.75) is 39.0 Å². The molecule has 154 valence electrons. The SMILES string of the molecule is CCOc1ccc(C(=O)N2CCC3(CCC(=O)N(CCOC)CC3)CC2)cc1. The molecule has 0 atom stereocenters. The van der Waals surface area contributed by atoms with E-state index in [2.05, 4.69) is 0 Å². The second kappa shape index (κ2) is 9.41. The van der Waals surface area contributed by atoms with Crippen LogP contribution < -0.4 is 4.74 Å². The van der Waals surface area contributed by atoms with Gasteiger partial charge in [-0.05, 0) is 62.3 Å². The van der Waals surface area contributed by atoms with E-state index >= 15 is 0 Å². The van der Waals surface area contributed by atoms with Crippen molar-refractivity contribution in [1.82, 2.24) is 9.80 Å². The molecule has 0 radical (unpaired) electrons. The van der Waals surface area contributed by atoms with Crippen LogP contribution in [0.3, 0.4) is 0 Å². The molecule has 0 saturated carbocycles. The van der Waals surface area contributed by atoms with Gasteiger partial charge in [0.25, 0.3) is 5.91 Å². The zero-order valence-electron chi connectivity index (χ0n) is 17.1. The van der Waals surface area contributed by atoms with E-state index in [-0.39, 0.29) is 17.2 Å². The Morgan fingerprint density at radius 3 is 2.39 bits per heavy atom. The Morgan fingerprint density at radius 1 is 1.07 bits per heavy atom. The number of hydrogen-bond donors (Lipinski definition) is 0. The summed E-state index contributed by atoms with van der Waals surface area (Å²) in [4.78, 5) is 29.1. The van der Waals surface area contributed by atoms with Crippen LogP contribution in [-0.2, 0) is 9.53 Å². The van der Waals surface area contributed by atoms with Crippen LogP contribution in [0.1, 0.15) is 49.4 Å². The van der Waals surface area contributed by atoms with Crippen LogP contribution >= 0.6 is 0 Å². The van der Waals surface area contributed by atoms with Crippen molar-refractivity contribution in [2.75, 3.05) is 46.5 Å². The predicted molar refractivity (Wildman–Crippen MR) is 107 cm³/mol. The van der Waals surface area contributed by atoms with E-state index < -0.39 is 0 Å². The average Bonchev–Trinajstić information content (AvgIpc) is 2.87. The van der Waals surface area contributed by atoms with Crippen molar-refractivity contribution in [3.8, 4) is 5.75 Å². The fraction of sp³-hybridized carbons (Fsp3) is 0.636. The zero-order chi connectivity index (χ0) is 20.0. The molecule has 2 amide bonds. The first-order valence-electron chi connectivity index (χ1n) is 10.4. The minimum Gasteiger partial charge on any atom is -0.494 e. The van der Waals surface area contributed by atoms with Gasteiger partial charge in [-0.3, -0.25) is 9.59 Å². The third-order valence-corrected chi connectivity index (χ3v) is 6.22. The third kappa shape index (κ3) is 4.85. The number of methoxy groups -OCH3 is 1. The molecule has 0 aliphatic carbocycles. The van der Waals surface area contributed by atoms with Gasteiger partial charge < -0.3 is 19.3 Å². The van der Waals surface area contributed by atoms with E-state index in [1.165, 1.54) is 0 Å². The summed E-state index contributed by atoms with van der Waals surface area (Å²) in [5.74, 6) is 1.11. The number of likely N-dealkylation sites (tertiary alicyclic amines) is 2. The number of benzene rings is 1. The number of ether oxygens (including phenoxy) is 2. The summed E-state index contributed by atoms with van der Waals surface area (Å²) in [6, 6.07) is 7.40. The van der Waals surface area contributed by atoms with Crippen molar-refractivity contribution in [3.05, 3.63) is 29.8 Å². The largest absolute Gasteiger partial charge is 0.494 e. The van der Waals surface area contributed by atoms with E-state index in [4.69, 9.17) is 9.47 Å². The second-order valence-electron chi connectivity index (χ2n) is 7.87. The first-order chi connectivity index (χ1) is 13.6. The molecule has 2 saturated heterocycles. The summed E-state index contributed by atoms with van der Waals surface area (Å²) in [5.41, 5.74) is 0.897.